The lowest BCUT2D eigenvalue weighted by atomic mass is 10.3. The Morgan fingerprint density at radius 1 is 1.67 bits per heavy atom. The van der Waals surface area contributed by atoms with Gasteiger partial charge in [-0.2, -0.15) is 0 Å². The van der Waals surface area contributed by atoms with Gasteiger partial charge in [-0.05, 0) is 24.6 Å². The highest BCUT2D eigenvalue weighted by Crippen LogP contribution is 2.15. The van der Waals surface area contributed by atoms with Crippen LogP contribution in [0.1, 0.15) is 11.4 Å². The van der Waals surface area contributed by atoms with Gasteiger partial charge in [0.2, 0.25) is 0 Å². The van der Waals surface area contributed by atoms with Crippen molar-refractivity contribution in [3.8, 4) is 5.75 Å². The second-order valence-corrected chi connectivity index (χ2v) is 2.31. The normalized spacial score (nSPS) is 9.08. The Balaban J connectivity index is 2.96. The van der Waals surface area contributed by atoms with Gasteiger partial charge in [0.25, 0.3) is 0 Å². The third-order valence-corrected chi connectivity index (χ3v) is 1.37. The zero-order chi connectivity index (χ0) is 8.97. The van der Waals surface area contributed by atoms with Crippen molar-refractivity contribution in [2.75, 3.05) is 0 Å². The number of hydrogen-bond donors (Lipinski definition) is 1. The summed E-state index contributed by atoms with van der Waals surface area (Å²) in [5.74, 6) is 0.0630. The number of hydrogen-bond acceptors (Lipinski definition) is 3. The minimum atomic E-state index is 0.0630. The standard InChI is InChI=1S/C7H8N4O/c1-5-2-3-7(12)6(10-5)4-9-11-8/h2-3,12H,4H2,1H3. The van der Waals surface area contributed by atoms with E-state index in [1.165, 1.54) is 6.07 Å². The monoisotopic (exact) mass is 164 g/mol. The molecule has 12 heavy (non-hydrogen) atoms. The summed E-state index contributed by atoms with van der Waals surface area (Å²) in [5.41, 5.74) is 9.23. The Labute approximate surface area is 69.3 Å². The lowest BCUT2D eigenvalue weighted by Gasteiger charge is -1.99. The molecule has 0 aromatic carbocycles. The molecule has 1 rings (SSSR count). The number of aromatic hydroxyl groups is 1. The molecule has 0 spiro atoms. The summed E-state index contributed by atoms with van der Waals surface area (Å²) in [4.78, 5) is 6.57. The van der Waals surface area contributed by atoms with Crippen LogP contribution >= 0.6 is 0 Å². The van der Waals surface area contributed by atoms with Crippen molar-refractivity contribution in [2.45, 2.75) is 13.5 Å². The minimum absolute atomic E-state index is 0.0630. The average Bonchev–Trinajstić information content (AvgIpc) is 2.07. The van der Waals surface area contributed by atoms with Crippen LogP contribution < -0.4 is 0 Å². The summed E-state index contributed by atoms with van der Waals surface area (Å²) < 4.78 is 0. The van der Waals surface area contributed by atoms with Crippen molar-refractivity contribution in [3.05, 3.63) is 34.0 Å². The third-order valence-electron chi connectivity index (χ3n) is 1.37. The third kappa shape index (κ3) is 1.87. The molecule has 0 saturated heterocycles. The second kappa shape index (κ2) is 3.59. The van der Waals surface area contributed by atoms with E-state index in [1.807, 2.05) is 0 Å². The maximum atomic E-state index is 9.22. The highest BCUT2D eigenvalue weighted by atomic mass is 16.3. The van der Waals surface area contributed by atoms with E-state index in [4.69, 9.17) is 5.53 Å². The van der Waals surface area contributed by atoms with Gasteiger partial charge < -0.3 is 5.11 Å². The number of rotatable bonds is 2. The summed E-state index contributed by atoms with van der Waals surface area (Å²) >= 11 is 0. The van der Waals surface area contributed by atoms with Crippen LogP contribution in [0, 0.1) is 6.92 Å². The molecule has 1 N–H and O–H groups in total. The van der Waals surface area contributed by atoms with E-state index in [9.17, 15) is 5.11 Å². The first-order valence-electron chi connectivity index (χ1n) is 3.40. The molecule has 0 aliphatic carbocycles. The molecule has 0 atom stereocenters. The predicted octanol–water partition coefficient (Wildman–Crippen LogP) is 1.91. The number of aryl methyl sites for hydroxylation is 1. The highest BCUT2D eigenvalue weighted by Gasteiger charge is 2.00. The molecule has 0 bridgehead atoms. The van der Waals surface area contributed by atoms with Crippen LogP contribution in [0.2, 0.25) is 0 Å². The van der Waals surface area contributed by atoms with Gasteiger partial charge in [-0.3, -0.25) is 4.98 Å². The summed E-state index contributed by atoms with van der Waals surface area (Å²) in [6, 6.07) is 3.22. The van der Waals surface area contributed by atoms with Crippen LogP contribution in [0.25, 0.3) is 10.4 Å². The molecule has 5 nitrogen and oxygen atoms in total. The molecule has 5 heteroatoms. The molecule has 0 fully saturated rings. The largest absolute Gasteiger partial charge is 0.506 e. The zero-order valence-corrected chi connectivity index (χ0v) is 6.60. The van der Waals surface area contributed by atoms with Gasteiger partial charge in [-0.15, -0.1) is 0 Å². The molecule has 62 valence electrons. The maximum absolute atomic E-state index is 9.22. The van der Waals surface area contributed by atoms with Gasteiger partial charge in [0.15, 0.2) is 0 Å². The fourth-order valence-corrected chi connectivity index (χ4v) is 0.818. The fourth-order valence-electron chi connectivity index (χ4n) is 0.818. The number of pyridine rings is 1. The average molecular weight is 164 g/mol. The van der Waals surface area contributed by atoms with Gasteiger partial charge in [0.05, 0.1) is 12.2 Å². The molecule has 0 radical (unpaired) electrons. The summed E-state index contributed by atoms with van der Waals surface area (Å²) in [6.07, 6.45) is 0. The Bertz CT molecular complexity index is 330. The van der Waals surface area contributed by atoms with Crippen molar-refractivity contribution in [1.29, 1.82) is 0 Å². The van der Waals surface area contributed by atoms with Crippen LogP contribution in [0.15, 0.2) is 17.2 Å². The van der Waals surface area contributed by atoms with Crippen molar-refractivity contribution in [3.63, 3.8) is 0 Å². The quantitative estimate of drug-likeness (QED) is 0.411. The van der Waals surface area contributed by atoms with Crippen molar-refractivity contribution < 1.29 is 5.11 Å². The topological polar surface area (TPSA) is 81.9 Å². The van der Waals surface area contributed by atoms with E-state index >= 15 is 0 Å². The van der Waals surface area contributed by atoms with E-state index in [-0.39, 0.29) is 12.3 Å². The zero-order valence-electron chi connectivity index (χ0n) is 6.60. The molecule has 0 aliphatic heterocycles. The van der Waals surface area contributed by atoms with E-state index < -0.39 is 0 Å². The van der Waals surface area contributed by atoms with Crippen LogP contribution in [0.4, 0.5) is 0 Å². The van der Waals surface area contributed by atoms with Gasteiger partial charge in [0.1, 0.15) is 5.75 Å². The molecule has 0 amide bonds. The SMILES string of the molecule is Cc1ccc(O)c(CN=[N+]=[N-])n1. The van der Waals surface area contributed by atoms with E-state index in [0.717, 1.165) is 5.69 Å². The van der Waals surface area contributed by atoms with Crippen molar-refractivity contribution in [2.24, 2.45) is 5.11 Å². The maximum Gasteiger partial charge on any atom is 0.137 e. The van der Waals surface area contributed by atoms with E-state index in [2.05, 4.69) is 15.0 Å². The van der Waals surface area contributed by atoms with Crippen LogP contribution in [-0.4, -0.2) is 10.1 Å². The number of aromatic nitrogens is 1. The van der Waals surface area contributed by atoms with E-state index in [1.54, 1.807) is 13.0 Å². The minimum Gasteiger partial charge on any atom is -0.506 e. The summed E-state index contributed by atoms with van der Waals surface area (Å²) in [5, 5.41) is 12.5. The summed E-state index contributed by atoms with van der Waals surface area (Å²) in [6.45, 7) is 1.89. The first-order chi connectivity index (χ1) is 5.74. The Morgan fingerprint density at radius 2 is 2.42 bits per heavy atom. The molecule has 1 aromatic rings. The van der Waals surface area contributed by atoms with Crippen molar-refractivity contribution in [1.82, 2.24) is 4.98 Å². The Kier molecular flexibility index (Phi) is 2.50. The van der Waals surface area contributed by atoms with Crippen LogP contribution in [0.5, 0.6) is 5.75 Å². The number of nitrogens with zero attached hydrogens (tertiary/aromatic N) is 4. The first kappa shape index (κ1) is 8.36. The lowest BCUT2D eigenvalue weighted by Crippen LogP contribution is -1.90. The number of azide groups is 1. The molecule has 0 unspecified atom stereocenters. The first-order valence-corrected chi connectivity index (χ1v) is 3.40. The predicted molar refractivity (Wildman–Crippen MR) is 43.5 cm³/mol. The van der Waals surface area contributed by atoms with Gasteiger partial charge in [-0.25, -0.2) is 0 Å². The molecular formula is C7H8N4O. The second-order valence-electron chi connectivity index (χ2n) is 2.31. The van der Waals surface area contributed by atoms with Crippen LogP contribution in [-0.2, 0) is 6.54 Å². The fraction of sp³-hybridized carbons (Fsp3) is 0.286. The lowest BCUT2D eigenvalue weighted by molar-refractivity contribution is 0.464. The highest BCUT2D eigenvalue weighted by molar-refractivity contribution is 5.27. The Hall–Kier alpha value is -1.74. The Morgan fingerprint density at radius 3 is 3.08 bits per heavy atom. The smallest absolute Gasteiger partial charge is 0.137 e. The van der Waals surface area contributed by atoms with Gasteiger partial charge >= 0.3 is 0 Å². The molecule has 1 heterocycles. The summed E-state index contributed by atoms with van der Waals surface area (Å²) in [7, 11) is 0. The molecular weight excluding hydrogens is 156 g/mol. The molecule has 1 aromatic heterocycles. The molecule has 0 saturated carbocycles. The van der Waals surface area contributed by atoms with Gasteiger partial charge in [-0.1, -0.05) is 5.11 Å². The van der Waals surface area contributed by atoms with E-state index in [0.29, 0.717) is 5.69 Å². The van der Waals surface area contributed by atoms with Gasteiger partial charge in [0, 0.05) is 10.6 Å². The van der Waals surface area contributed by atoms with Crippen molar-refractivity contribution >= 4 is 0 Å². The molecule has 0 aliphatic rings. The van der Waals surface area contributed by atoms with Crippen LogP contribution in [0.3, 0.4) is 0 Å².